The number of hydrogen-bond donors (Lipinski definition) is 0. The number of nitrogens with zero attached hydrogens (tertiary/aromatic N) is 2. The number of benzene rings is 8. The number of thiophene rings is 1. The molecule has 2 nitrogen and oxygen atoms in total. The van der Waals surface area contributed by atoms with E-state index >= 15 is 0 Å². The van der Waals surface area contributed by atoms with E-state index in [1.54, 1.807) is 15.9 Å². The van der Waals surface area contributed by atoms with Crippen molar-refractivity contribution in [1.29, 1.82) is 0 Å². The molecule has 0 spiro atoms. The van der Waals surface area contributed by atoms with Crippen LogP contribution < -0.4 is 0 Å². The minimum absolute atomic E-state index is 0.0581. The summed E-state index contributed by atoms with van der Waals surface area (Å²) in [5.41, 5.74) is 8.26. The largest absolute Gasteiger partial charge is 0.309 e. The van der Waals surface area contributed by atoms with Crippen LogP contribution in [0.4, 0.5) is 0 Å². The average molecular weight is 675 g/mol. The lowest BCUT2D eigenvalue weighted by Crippen LogP contribution is -1.96. The highest BCUT2D eigenvalue weighted by atomic mass is 32.1. The predicted octanol–water partition coefficient (Wildman–Crippen LogP) is 13.6. The van der Waals surface area contributed by atoms with Gasteiger partial charge in [0, 0.05) is 47.4 Å². The van der Waals surface area contributed by atoms with Crippen molar-refractivity contribution in [3.63, 3.8) is 0 Å². The first-order valence-electron chi connectivity index (χ1n) is 20.8. The second kappa shape index (κ2) is 11.0. The molecule has 11 aromatic rings. The molecular weight excluding hydrogens is 637 g/mol. The van der Waals surface area contributed by atoms with Gasteiger partial charge in [-0.15, -0.1) is 11.3 Å². The molecular formula is C48H30N2S. The van der Waals surface area contributed by atoms with Crippen LogP contribution in [0.1, 0.15) is 11.0 Å². The lowest BCUT2D eigenvalue weighted by molar-refractivity contribution is 1.17. The molecule has 8 aromatic carbocycles. The normalized spacial score (nSPS) is 14.1. The minimum atomic E-state index is -0.463. The maximum atomic E-state index is 9.02. The first-order valence-corrected chi connectivity index (χ1v) is 17.6. The van der Waals surface area contributed by atoms with E-state index in [0.717, 1.165) is 54.1 Å². The number of hydrogen-bond acceptors (Lipinski definition) is 1. The van der Waals surface area contributed by atoms with Crippen LogP contribution in [-0.2, 0) is 0 Å². The standard InChI is InChI=1S/C48H30N2S/c1-2-13-31(14-3-1)32-15-10-16-33(29-32)35-20-11-21-39-47-45(25-12-26-46(47)51-48(35)39)50-43-24-9-6-19-38(43)40-30-34(27-28-44(40)50)49-41-22-7-4-17-36(41)37-18-5-8-23-42(37)49/h1-30H/i4D,5D,7D,8D,17D,18D,22D,23D. The summed E-state index contributed by atoms with van der Waals surface area (Å²) in [6.45, 7) is 0. The van der Waals surface area contributed by atoms with E-state index in [4.69, 9.17) is 11.0 Å². The van der Waals surface area contributed by atoms with Crippen LogP contribution in [-0.4, -0.2) is 9.13 Å². The molecule has 0 radical (unpaired) electrons. The van der Waals surface area contributed by atoms with E-state index < -0.39 is 24.2 Å². The van der Waals surface area contributed by atoms with E-state index in [1.807, 2.05) is 36.4 Å². The fourth-order valence-corrected chi connectivity index (χ4v) is 9.04. The molecule has 3 heteroatoms. The highest BCUT2D eigenvalue weighted by Crippen LogP contribution is 2.45. The minimum Gasteiger partial charge on any atom is -0.309 e. The number of para-hydroxylation sites is 3. The van der Waals surface area contributed by atoms with Crippen LogP contribution in [0.15, 0.2) is 182 Å². The molecule has 0 N–H and O–H groups in total. The van der Waals surface area contributed by atoms with Gasteiger partial charge in [0.1, 0.15) is 0 Å². The SMILES string of the molecule is [2H]c1c([2H])c([2H])c2c(c1[2H])c1c([2H])c([2H])c([2H])c([2H])c1n2-c1ccc2c(c1)c1ccccc1n2-c1cccc2sc3c(-c4cccc(-c5ccccc5)c4)cccc3c12. The molecule has 3 aromatic heterocycles. The van der Waals surface area contributed by atoms with Gasteiger partial charge in [-0.2, -0.15) is 0 Å². The van der Waals surface area contributed by atoms with E-state index in [2.05, 4.69) is 102 Å². The summed E-state index contributed by atoms with van der Waals surface area (Å²) in [7, 11) is 0. The van der Waals surface area contributed by atoms with Crippen molar-refractivity contribution in [2.75, 3.05) is 0 Å². The summed E-state index contributed by atoms with van der Waals surface area (Å²) >= 11 is 1.78. The van der Waals surface area contributed by atoms with Gasteiger partial charge in [-0.1, -0.05) is 127 Å². The summed E-state index contributed by atoms with van der Waals surface area (Å²) in [5.74, 6) is 0. The van der Waals surface area contributed by atoms with E-state index in [0.29, 0.717) is 5.69 Å². The molecule has 0 aliphatic rings. The van der Waals surface area contributed by atoms with Crippen molar-refractivity contribution in [1.82, 2.24) is 9.13 Å². The molecule has 0 aliphatic carbocycles. The van der Waals surface area contributed by atoms with E-state index in [9.17, 15) is 0 Å². The molecule has 0 atom stereocenters. The zero-order valence-electron chi connectivity index (χ0n) is 35.0. The van der Waals surface area contributed by atoms with Crippen LogP contribution >= 0.6 is 11.3 Å². The molecule has 238 valence electrons. The van der Waals surface area contributed by atoms with Gasteiger partial charge in [0.2, 0.25) is 0 Å². The van der Waals surface area contributed by atoms with Crippen LogP contribution in [0.25, 0.3) is 97.4 Å². The summed E-state index contributed by atoms with van der Waals surface area (Å²) in [6.07, 6.45) is 0. The van der Waals surface area contributed by atoms with Gasteiger partial charge in [-0.05, 0) is 76.8 Å². The van der Waals surface area contributed by atoms with Crippen molar-refractivity contribution in [3.05, 3.63) is 182 Å². The van der Waals surface area contributed by atoms with Crippen LogP contribution in [0, 0.1) is 0 Å². The van der Waals surface area contributed by atoms with Crippen molar-refractivity contribution in [2.24, 2.45) is 0 Å². The van der Waals surface area contributed by atoms with Crippen molar-refractivity contribution >= 4 is 75.1 Å². The molecule has 0 saturated heterocycles. The Kier molecular flexibility index (Phi) is 4.68. The van der Waals surface area contributed by atoms with Gasteiger partial charge < -0.3 is 9.13 Å². The van der Waals surface area contributed by atoms with Gasteiger partial charge in [-0.25, -0.2) is 0 Å². The molecule has 0 aliphatic heterocycles. The third-order valence-electron chi connectivity index (χ3n) is 9.97. The Morgan fingerprint density at radius 1 is 0.431 bits per heavy atom. The van der Waals surface area contributed by atoms with Crippen LogP contribution in [0.5, 0.6) is 0 Å². The Morgan fingerprint density at radius 3 is 1.94 bits per heavy atom. The zero-order chi connectivity index (χ0) is 40.4. The number of rotatable bonds is 4. The Bertz CT molecular complexity index is 3530. The van der Waals surface area contributed by atoms with E-state index in [-0.39, 0.29) is 46.0 Å². The summed E-state index contributed by atoms with van der Waals surface area (Å²) < 4.78 is 76.0. The summed E-state index contributed by atoms with van der Waals surface area (Å²) in [4.78, 5) is 0. The number of aromatic nitrogens is 2. The Morgan fingerprint density at radius 2 is 1.10 bits per heavy atom. The molecule has 0 bridgehead atoms. The molecule has 3 heterocycles. The summed E-state index contributed by atoms with van der Waals surface area (Å²) in [6, 6.07) is 42.9. The molecule has 51 heavy (non-hydrogen) atoms. The van der Waals surface area contributed by atoms with Gasteiger partial charge in [0.15, 0.2) is 0 Å². The Balaban J connectivity index is 1.17. The van der Waals surface area contributed by atoms with Crippen LogP contribution in [0.2, 0.25) is 0 Å². The smallest absolute Gasteiger partial charge is 0.0645 e. The van der Waals surface area contributed by atoms with Crippen molar-refractivity contribution in [2.45, 2.75) is 0 Å². The fourth-order valence-electron chi connectivity index (χ4n) is 7.78. The first kappa shape index (κ1) is 21.6. The van der Waals surface area contributed by atoms with Gasteiger partial charge in [0.25, 0.3) is 0 Å². The second-order valence-corrected chi connectivity index (χ2v) is 13.8. The molecule has 0 unspecified atom stereocenters. The average Bonchev–Trinajstić information content (AvgIpc) is 3.95. The Labute approximate surface area is 309 Å². The highest BCUT2D eigenvalue weighted by Gasteiger charge is 2.20. The Hall–Kier alpha value is -6.42. The van der Waals surface area contributed by atoms with Crippen molar-refractivity contribution < 1.29 is 11.0 Å². The third kappa shape index (κ3) is 4.22. The maximum absolute atomic E-state index is 9.02. The fraction of sp³-hybridized carbons (Fsp3) is 0. The van der Waals surface area contributed by atoms with Gasteiger partial charge >= 0.3 is 0 Å². The molecule has 11 rings (SSSR count). The topological polar surface area (TPSA) is 9.86 Å². The monoisotopic (exact) mass is 674 g/mol. The van der Waals surface area contributed by atoms with Gasteiger partial charge in [0.05, 0.1) is 38.7 Å². The highest BCUT2D eigenvalue weighted by molar-refractivity contribution is 7.26. The molecule has 0 fully saturated rings. The second-order valence-electron chi connectivity index (χ2n) is 12.7. The van der Waals surface area contributed by atoms with Crippen molar-refractivity contribution in [3.8, 4) is 33.6 Å². The third-order valence-corrected chi connectivity index (χ3v) is 11.2. The zero-order valence-corrected chi connectivity index (χ0v) is 27.8. The summed E-state index contributed by atoms with van der Waals surface area (Å²) in [5, 5.41) is 4.24. The predicted molar refractivity (Wildman–Crippen MR) is 219 cm³/mol. The quantitative estimate of drug-likeness (QED) is 0.176. The lowest BCUT2D eigenvalue weighted by Gasteiger charge is -2.12. The first-order chi connectivity index (χ1) is 28.6. The number of fused-ring (bicyclic) bond motifs is 9. The molecule has 0 saturated carbocycles. The lowest BCUT2D eigenvalue weighted by atomic mass is 9.98. The van der Waals surface area contributed by atoms with Crippen LogP contribution in [0.3, 0.4) is 0 Å². The van der Waals surface area contributed by atoms with Gasteiger partial charge in [-0.3, -0.25) is 0 Å². The maximum Gasteiger partial charge on any atom is 0.0645 e. The molecule has 0 amide bonds. The van der Waals surface area contributed by atoms with E-state index in [1.165, 1.54) is 15.8 Å².